The summed E-state index contributed by atoms with van der Waals surface area (Å²) >= 11 is 0. The van der Waals surface area contributed by atoms with Crippen molar-refractivity contribution in [2.24, 2.45) is 17.7 Å². The molecule has 11 heavy (non-hydrogen) atoms. The molecule has 0 radical (unpaired) electrons. The highest BCUT2D eigenvalue weighted by Gasteiger charge is 2.20. The molecule has 0 aromatic carbocycles. The SMILES string of the molecule is CCC(C)C1CCN(N)CC1. The van der Waals surface area contributed by atoms with Crippen molar-refractivity contribution < 1.29 is 0 Å². The van der Waals surface area contributed by atoms with E-state index in [1.165, 1.54) is 19.3 Å². The Morgan fingerprint density at radius 3 is 2.45 bits per heavy atom. The van der Waals surface area contributed by atoms with Crippen molar-refractivity contribution >= 4 is 0 Å². The summed E-state index contributed by atoms with van der Waals surface area (Å²) in [6.45, 7) is 6.82. The van der Waals surface area contributed by atoms with Crippen LogP contribution in [0.25, 0.3) is 0 Å². The molecule has 1 fully saturated rings. The largest absolute Gasteiger partial charge is 0.269 e. The number of hydrogen-bond acceptors (Lipinski definition) is 2. The van der Waals surface area contributed by atoms with Crippen LogP contribution in [0.5, 0.6) is 0 Å². The second-order valence-corrected chi connectivity index (χ2v) is 3.76. The van der Waals surface area contributed by atoms with Gasteiger partial charge in [-0.05, 0) is 24.7 Å². The van der Waals surface area contributed by atoms with Crippen molar-refractivity contribution in [2.75, 3.05) is 13.1 Å². The number of hydrogen-bond donors (Lipinski definition) is 1. The Balaban J connectivity index is 2.27. The summed E-state index contributed by atoms with van der Waals surface area (Å²) in [4.78, 5) is 0. The van der Waals surface area contributed by atoms with Crippen molar-refractivity contribution in [2.45, 2.75) is 33.1 Å². The van der Waals surface area contributed by atoms with Gasteiger partial charge in [-0.3, -0.25) is 5.84 Å². The van der Waals surface area contributed by atoms with Crippen LogP contribution in [0.4, 0.5) is 0 Å². The van der Waals surface area contributed by atoms with Gasteiger partial charge in [0.1, 0.15) is 0 Å². The molecule has 0 spiro atoms. The highest BCUT2D eigenvalue weighted by atomic mass is 15.4. The highest BCUT2D eigenvalue weighted by molar-refractivity contribution is 4.72. The standard InChI is InChI=1S/C9H20N2/c1-3-8(2)9-4-6-11(10)7-5-9/h8-9H,3-7,10H2,1-2H3. The lowest BCUT2D eigenvalue weighted by molar-refractivity contribution is 0.152. The van der Waals surface area contributed by atoms with Gasteiger partial charge in [-0.2, -0.15) is 0 Å². The minimum absolute atomic E-state index is 0.892. The molecule has 66 valence electrons. The number of hydrazine groups is 1. The molecule has 1 heterocycles. The van der Waals surface area contributed by atoms with Crippen LogP contribution in [0.2, 0.25) is 0 Å². The zero-order chi connectivity index (χ0) is 8.27. The molecule has 1 saturated heterocycles. The van der Waals surface area contributed by atoms with Crippen LogP contribution in [0.15, 0.2) is 0 Å². The number of rotatable bonds is 2. The molecule has 0 bridgehead atoms. The highest BCUT2D eigenvalue weighted by Crippen LogP contribution is 2.25. The van der Waals surface area contributed by atoms with E-state index in [2.05, 4.69) is 13.8 Å². The van der Waals surface area contributed by atoms with Crippen LogP contribution in [0.3, 0.4) is 0 Å². The summed E-state index contributed by atoms with van der Waals surface area (Å²) in [5.41, 5.74) is 0. The van der Waals surface area contributed by atoms with Crippen LogP contribution < -0.4 is 5.84 Å². The van der Waals surface area contributed by atoms with Gasteiger partial charge >= 0.3 is 0 Å². The molecule has 1 aliphatic heterocycles. The first-order valence-corrected chi connectivity index (χ1v) is 4.73. The lowest BCUT2D eigenvalue weighted by Gasteiger charge is -2.31. The molecular formula is C9H20N2. The fraction of sp³-hybridized carbons (Fsp3) is 1.00. The molecule has 0 amide bonds. The predicted molar refractivity (Wildman–Crippen MR) is 47.9 cm³/mol. The summed E-state index contributed by atoms with van der Waals surface area (Å²) in [5.74, 6) is 7.49. The molecule has 0 aromatic heterocycles. The third kappa shape index (κ3) is 2.46. The fourth-order valence-electron chi connectivity index (χ4n) is 1.82. The summed E-state index contributed by atoms with van der Waals surface area (Å²) in [7, 11) is 0. The van der Waals surface area contributed by atoms with E-state index in [-0.39, 0.29) is 0 Å². The zero-order valence-electron chi connectivity index (χ0n) is 7.71. The maximum absolute atomic E-state index is 5.67. The van der Waals surface area contributed by atoms with E-state index in [4.69, 9.17) is 5.84 Å². The van der Waals surface area contributed by atoms with Gasteiger partial charge < -0.3 is 0 Å². The van der Waals surface area contributed by atoms with Crippen LogP contribution in [-0.4, -0.2) is 18.1 Å². The van der Waals surface area contributed by atoms with Gasteiger partial charge in [0, 0.05) is 13.1 Å². The average molecular weight is 156 g/mol. The maximum atomic E-state index is 5.67. The van der Waals surface area contributed by atoms with E-state index in [0.717, 1.165) is 24.9 Å². The van der Waals surface area contributed by atoms with Crippen molar-refractivity contribution in [3.63, 3.8) is 0 Å². The first-order chi connectivity index (χ1) is 5.24. The maximum Gasteiger partial charge on any atom is 0.0131 e. The average Bonchev–Trinajstić information content (AvgIpc) is 2.05. The van der Waals surface area contributed by atoms with E-state index in [0.29, 0.717) is 0 Å². The van der Waals surface area contributed by atoms with Gasteiger partial charge in [0.25, 0.3) is 0 Å². The monoisotopic (exact) mass is 156 g/mol. The molecule has 1 rings (SSSR count). The van der Waals surface area contributed by atoms with Crippen molar-refractivity contribution in [3.05, 3.63) is 0 Å². The molecule has 0 saturated carbocycles. The van der Waals surface area contributed by atoms with Crippen molar-refractivity contribution in [1.29, 1.82) is 0 Å². The molecule has 0 aliphatic carbocycles. The Hall–Kier alpha value is -0.0800. The van der Waals surface area contributed by atoms with Crippen LogP contribution >= 0.6 is 0 Å². The number of piperidine rings is 1. The third-order valence-corrected chi connectivity index (χ3v) is 3.02. The number of nitrogens with zero attached hydrogens (tertiary/aromatic N) is 1. The smallest absolute Gasteiger partial charge is 0.0131 e. The van der Waals surface area contributed by atoms with E-state index in [1.807, 2.05) is 5.01 Å². The third-order valence-electron chi connectivity index (χ3n) is 3.02. The van der Waals surface area contributed by atoms with Gasteiger partial charge in [0.05, 0.1) is 0 Å². The fourth-order valence-corrected chi connectivity index (χ4v) is 1.82. The van der Waals surface area contributed by atoms with Gasteiger partial charge in [-0.1, -0.05) is 20.3 Å². The molecule has 2 nitrogen and oxygen atoms in total. The summed E-state index contributed by atoms with van der Waals surface area (Å²) in [5, 5.41) is 1.94. The molecule has 1 unspecified atom stereocenters. The Morgan fingerprint density at radius 2 is 2.00 bits per heavy atom. The quantitative estimate of drug-likeness (QED) is 0.616. The summed E-state index contributed by atoms with van der Waals surface area (Å²) in [6, 6.07) is 0. The van der Waals surface area contributed by atoms with E-state index >= 15 is 0 Å². The Morgan fingerprint density at radius 1 is 1.45 bits per heavy atom. The molecule has 1 aliphatic rings. The Labute approximate surface area is 69.7 Å². The summed E-state index contributed by atoms with van der Waals surface area (Å²) < 4.78 is 0. The normalized spacial score (nSPS) is 25.4. The zero-order valence-corrected chi connectivity index (χ0v) is 7.71. The lowest BCUT2D eigenvalue weighted by Crippen LogP contribution is -2.40. The lowest BCUT2D eigenvalue weighted by atomic mass is 9.84. The van der Waals surface area contributed by atoms with Gasteiger partial charge in [-0.15, -0.1) is 0 Å². The topological polar surface area (TPSA) is 29.3 Å². The van der Waals surface area contributed by atoms with E-state index in [1.54, 1.807) is 0 Å². The molecule has 2 N–H and O–H groups in total. The van der Waals surface area contributed by atoms with Gasteiger partial charge in [0.15, 0.2) is 0 Å². The van der Waals surface area contributed by atoms with Crippen molar-refractivity contribution in [3.8, 4) is 0 Å². The first-order valence-electron chi connectivity index (χ1n) is 4.73. The van der Waals surface area contributed by atoms with Crippen LogP contribution in [0.1, 0.15) is 33.1 Å². The minimum Gasteiger partial charge on any atom is -0.269 e. The second kappa shape index (κ2) is 4.07. The Kier molecular flexibility index (Phi) is 3.34. The minimum atomic E-state index is 0.892. The molecule has 0 aromatic rings. The van der Waals surface area contributed by atoms with E-state index < -0.39 is 0 Å². The van der Waals surface area contributed by atoms with E-state index in [9.17, 15) is 0 Å². The van der Waals surface area contributed by atoms with Crippen LogP contribution in [0, 0.1) is 11.8 Å². The molecular weight excluding hydrogens is 136 g/mol. The van der Waals surface area contributed by atoms with Crippen molar-refractivity contribution in [1.82, 2.24) is 5.01 Å². The Bertz CT molecular complexity index is 106. The number of nitrogens with two attached hydrogens (primary N) is 1. The van der Waals surface area contributed by atoms with Crippen LogP contribution in [-0.2, 0) is 0 Å². The summed E-state index contributed by atoms with van der Waals surface area (Å²) in [6.07, 6.45) is 3.91. The first kappa shape index (κ1) is 9.01. The predicted octanol–water partition coefficient (Wildman–Crippen LogP) is 1.62. The molecule has 2 heteroatoms. The molecule has 1 atom stereocenters. The second-order valence-electron chi connectivity index (χ2n) is 3.76. The van der Waals surface area contributed by atoms with Gasteiger partial charge in [-0.25, -0.2) is 5.01 Å². The van der Waals surface area contributed by atoms with Gasteiger partial charge in [0.2, 0.25) is 0 Å².